The summed E-state index contributed by atoms with van der Waals surface area (Å²) in [6, 6.07) is 10.1. The molecule has 2 aromatic carbocycles. The molecule has 1 aliphatic carbocycles. The number of hydrogen-bond donors (Lipinski definition) is 3. The highest BCUT2D eigenvalue weighted by Gasteiger charge is 2.33. The quantitative estimate of drug-likeness (QED) is 0.297. The van der Waals surface area contributed by atoms with Crippen molar-refractivity contribution in [3.63, 3.8) is 0 Å². The van der Waals surface area contributed by atoms with Gasteiger partial charge in [-0.25, -0.2) is 13.8 Å². The first kappa shape index (κ1) is 31.8. The average molecular weight is 607 g/mol. The number of nitrogens with zero attached hydrogens (tertiary/aromatic N) is 3. The van der Waals surface area contributed by atoms with E-state index in [1.807, 2.05) is 55.4 Å². The third kappa shape index (κ3) is 7.53. The van der Waals surface area contributed by atoms with Crippen molar-refractivity contribution in [3.05, 3.63) is 77.2 Å². The van der Waals surface area contributed by atoms with Gasteiger partial charge < -0.3 is 25.4 Å². The lowest BCUT2D eigenvalue weighted by Gasteiger charge is -2.29. The Bertz CT molecular complexity index is 1480. The van der Waals surface area contributed by atoms with Crippen LogP contribution in [0.25, 0.3) is 5.69 Å². The molecule has 0 saturated carbocycles. The van der Waals surface area contributed by atoms with E-state index in [1.165, 1.54) is 6.07 Å². The summed E-state index contributed by atoms with van der Waals surface area (Å²) < 4.78 is 30.0. The second-order valence-corrected chi connectivity index (χ2v) is 13.1. The van der Waals surface area contributed by atoms with E-state index in [9.17, 15) is 18.4 Å². The van der Waals surface area contributed by atoms with Crippen molar-refractivity contribution >= 4 is 17.6 Å². The third-order valence-corrected chi connectivity index (χ3v) is 8.60. The number of benzene rings is 2. The number of carbonyl (C=O) groups is 2. The fourth-order valence-electron chi connectivity index (χ4n) is 6.28. The Balaban J connectivity index is 1.19. The molecule has 8 nitrogen and oxygen atoms in total. The van der Waals surface area contributed by atoms with Gasteiger partial charge in [-0.3, -0.25) is 9.59 Å². The SMILES string of the molecule is CCC[C@H](N[C@H]1CCc2cc(F)cc(F)c2C1)C(=O)Nc1cn(-c2ccccc2CNC2CCN(C(=O)C(C)(C)C)C2)cn1. The number of aryl methyl sites for hydroxylation is 1. The van der Waals surface area contributed by atoms with Crippen LogP contribution in [0.4, 0.5) is 14.6 Å². The fourth-order valence-corrected chi connectivity index (χ4v) is 6.28. The number of halogens is 2. The Morgan fingerprint density at radius 3 is 2.68 bits per heavy atom. The van der Waals surface area contributed by atoms with Gasteiger partial charge in [0.25, 0.3) is 0 Å². The van der Waals surface area contributed by atoms with Crippen LogP contribution >= 0.6 is 0 Å². The summed E-state index contributed by atoms with van der Waals surface area (Å²) in [6.45, 7) is 9.99. The van der Waals surface area contributed by atoms with Crippen molar-refractivity contribution in [1.82, 2.24) is 25.1 Å². The normalized spacial score (nSPS) is 19.1. The van der Waals surface area contributed by atoms with Gasteiger partial charge in [0, 0.05) is 43.2 Å². The van der Waals surface area contributed by atoms with E-state index in [2.05, 4.69) is 27.0 Å². The Morgan fingerprint density at radius 2 is 1.91 bits per heavy atom. The van der Waals surface area contributed by atoms with Crippen LogP contribution in [0.2, 0.25) is 0 Å². The summed E-state index contributed by atoms with van der Waals surface area (Å²) >= 11 is 0. The second-order valence-electron chi connectivity index (χ2n) is 13.1. The van der Waals surface area contributed by atoms with E-state index < -0.39 is 17.7 Å². The van der Waals surface area contributed by atoms with Crippen molar-refractivity contribution in [2.24, 2.45) is 5.41 Å². The molecule has 2 amide bonds. The molecule has 2 heterocycles. The van der Waals surface area contributed by atoms with Crippen molar-refractivity contribution in [2.45, 2.75) is 90.9 Å². The maximum absolute atomic E-state index is 14.4. The summed E-state index contributed by atoms with van der Waals surface area (Å²) in [5, 5.41) is 10.0. The Kier molecular flexibility index (Phi) is 9.80. The molecule has 0 radical (unpaired) electrons. The standard InChI is InChI=1S/C34H44F2N6O2/c1-5-8-29(39-25-12-11-22-15-24(35)16-28(36)27(22)17-25)32(43)40-31-20-42(21-38-31)30-10-7-6-9-23(30)18-37-26-13-14-41(19-26)33(44)34(2,3)4/h6-7,9-10,15-16,20-21,25-26,29,37,39H,5,8,11-14,17-19H2,1-4H3,(H,40,43)/t25-,26?,29-/m0/s1. The van der Waals surface area contributed by atoms with Crippen molar-refractivity contribution in [1.29, 1.82) is 0 Å². The number of para-hydroxylation sites is 1. The van der Waals surface area contributed by atoms with Crippen LogP contribution in [-0.2, 0) is 29.0 Å². The summed E-state index contributed by atoms with van der Waals surface area (Å²) in [6.07, 6.45) is 7.51. The van der Waals surface area contributed by atoms with Gasteiger partial charge in [0.15, 0.2) is 5.82 Å². The van der Waals surface area contributed by atoms with E-state index in [0.29, 0.717) is 55.7 Å². The summed E-state index contributed by atoms with van der Waals surface area (Å²) in [5.41, 5.74) is 2.89. The molecule has 1 aliphatic heterocycles. The van der Waals surface area contributed by atoms with Gasteiger partial charge in [-0.15, -0.1) is 0 Å². The predicted molar refractivity (Wildman–Crippen MR) is 167 cm³/mol. The number of aromatic nitrogens is 2. The van der Waals surface area contributed by atoms with Crippen LogP contribution in [0, 0.1) is 17.0 Å². The van der Waals surface area contributed by atoms with Crippen LogP contribution in [0.1, 0.15) is 70.1 Å². The van der Waals surface area contributed by atoms with Gasteiger partial charge in [-0.1, -0.05) is 52.3 Å². The minimum atomic E-state index is -0.552. The molecule has 1 aromatic heterocycles. The number of hydrogen-bond acceptors (Lipinski definition) is 5. The summed E-state index contributed by atoms with van der Waals surface area (Å²) in [7, 11) is 0. The Morgan fingerprint density at radius 1 is 1.11 bits per heavy atom. The highest BCUT2D eigenvalue weighted by atomic mass is 19.1. The van der Waals surface area contributed by atoms with Crippen LogP contribution in [0.15, 0.2) is 48.9 Å². The maximum Gasteiger partial charge on any atom is 0.242 e. The average Bonchev–Trinajstić information content (AvgIpc) is 3.65. The van der Waals surface area contributed by atoms with Gasteiger partial charge in [0.2, 0.25) is 11.8 Å². The molecule has 44 heavy (non-hydrogen) atoms. The highest BCUT2D eigenvalue weighted by molar-refractivity contribution is 5.94. The zero-order chi connectivity index (χ0) is 31.4. The smallest absolute Gasteiger partial charge is 0.242 e. The Hall–Kier alpha value is -3.63. The zero-order valence-corrected chi connectivity index (χ0v) is 26.1. The van der Waals surface area contributed by atoms with Gasteiger partial charge in [0.05, 0.1) is 17.9 Å². The molecule has 3 atom stereocenters. The topological polar surface area (TPSA) is 91.3 Å². The number of amides is 2. The number of carbonyl (C=O) groups excluding carboxylic acids is 2. The second kappa shape index (κ2) is 13.6. The summed E-state index contributed by atoms with van der Waals surface area (Å²) in [4.78, 5) is 32.4. The first-order chi connectivity index (χ1) is 21.0. The minimum Gasteiger partial charge on any atom is -0.341 e. The third-order valence-electron chi connectivity index (χ3n) is 8.60. The minimum absolute atomic E-state index is 0.0831. The molecule has 1 saturated heterocycles. The maximum atomic E-state index is 14.4. The largest absolute Gasteiger partial charge is 0.341 e. The summed E-state index contributed by atoms with van der Waals surface area (Å²) in [5.74, 6) is -0.633. The predicted octanol–water partition coefficient (Wildman–Crippen LogP) is 5.14. The van der Waals surface area contributed by atoms with Crippen molar-refractivity contribution < 1.29 is 18.4 Å². The number of imidazole rings is 1. The number of nitrogens with one attached hydrogen (secondary N) is 3. The lowest BCUT2D eigenvalue weighted by atomic mass is 9.87. The molecule has 3 aromatic rings. The van der Waals surface area contributed by atoms with Crippen LogP contribution in [0.5, 0.6) is 0 Å². The van der Waals surface area contributed by atoms with E-state index in [-0.39, 0.29) is 29.3 Å². The number of fused-ring (bicyclic) bond motifs is 1. The monoisotopic (exact) mass is 606 g/mol. The Labute approximate surface area is 258 Å². The molecule has 1 unspecified atom stereocenters. The molecular weight excluding hydrogens is 562 g/mol. The fraction of sp³-hybridized carbons (Fsp3) is 0.500. The molecule has 2 aliphatic rings. The molecular formula is C34H44F2N6O2. The van der Waals surface area contributed by atoms with Crippen LogP contribution in [0.3, 0.4) is 0 Å². The number of rotatable bonds is 10. The molecule has 1 fully saturated rings. The first-order valence-corrected chi connectivity index (χ1v) is 15.7. The molecule has 236 valence electrons. The van der Waals surface area contributed by atoms with Gasteiger partial charge in [-0.05, 0) is 60.9 Å². The molecule has 3 N–H and O–H groups in total. The lowest BCUT2D eigenvalue weighted by molar-refractivity contribution is -0.138. The van der Waals surface area contributed by atoms with Gasteiger partial charge in [-0.2, -0.15) is 0 Å². The van der Waals surface area contributed by atoms with Crippen LogP contribution in [-0.4, -0.2) is 57.5 Å². The first-order valence-electron chi connectivity index (χ1n) is 15.7. The molecule has 10 heteroatoms. The van der Waals surface area contributed by atoms with E-state index in [4.69, 9.17) is 0 Å². The van der Waals surface area contributed by atoms with E-state index in [1.54, 1.807) is 12.5 Å². The van der Waals surface area contributed by atoms with E-state index >= 15 is 0 Å². The zero-order valence-electron chi connectivity index (χ0n) is 26.1. The number of likely N-dealkylation sites (tertiary alicyclic amines) is 1. The van der Waals surface area contributed by atoms with Gasteiger partial charge in [0.1, 0.15) is 18.0 Å². The molecule has 5 rings (SSSR count). The van der Waals surface area contributed by atoms with Crippen molar-refractivity contribution in [3.8, 4) is 5.69 Å². The van der Waals surface area contributed by atoms with Crippen LogP contribution < -0.4 is 16.0 Å². The van der Waals surface area contributed by atoms with Gasteiger partial charge >= 0.3 is 0 Å². The van der Waals surface area contributed by atoms with Crippen molar-refractivity contribution in [2.75, 3.05) is 18.4 Å². The van der Waals surface area contributed by atoms with E-state index in [0.717, 1.165) is 36.7 Å². The highest BCUT2D eigenvalue weighted by Crippen LogP contribution is 2.26. The number of anilines is 1. The molecule has 0 bridgehead atoms. The molecule has 0 spiro atoms. The lowest BCUT2D eigenvalue weighted by Crippen LogP contribution is -2.48.